The van der Waals surface area contributed by atoms with Crippen LogP contribution in [0.25, 0.3) is 10.2 Å². The fourth-order valence-corrected chi connectivity index (χ4v) is 5.66. The quantitative estimate of drug-likeness (QED) is 0.364. The van der Waals surface area contributed by atoms with Crippen LogP contribution in [0.1, 0.15) is 47.0 Å². The van der Waals surface area contributed by atoms with Gasteiger partial charge in [-0.1, -0.05) is 48.5 Å². The molecule has 0 saturated heterocycles. The van der Waals surface area contributed by atoms with E-state index >= 15 is 0 Å². The van der Waals surface area contributed by atoms with E-state index in [0.29, 0.717) is 34.9 Å². The highest BCUT2D eigenvalue weighted by atomic mass is 32.2. The fraction of sp³-hybridized carbons (Fsp3) is 0.333. The van der Waals surface area contributed by atoms with Gasteiger partial charge in [0.1, 0.15) is 16.5 Å². The number of aromatic nitrogens is 4. The number of hydrogen-bond donors (Lipinski definition) is 1. The van der Waals surface area contributed by atoms with E-state index in [4.69, 9.17) is 15.1 Å². The van der Waals surface area contributed by atoms with E-state index in [1.54, 1.807) is 11.3 Å². The van der Waals surface area contributed by atoms with Crippen molar-refractivity contribution in [2.45, 2.75) is 49.5 Å². The van der Waals surface area contributed by atoms with Gasteiger partial charge in [0.05, 0.1) is 17.6 Å². The summed E-state index contributed by atoms with van der Waals surface area (Å²) < 4.78 is 5.76. The molecular formula is C21H21N5OS2. The molecule has 0 aliphatic heterocycles. The molecule has 3 heterocycles. The molecule has 29 heavy (non-hydrogen) atoms. The Morgan fingerprint density at radius 3 is 2.79 bits per heavy atom. The number of nitrogens with zero attached hydrogens (tertiary/aromatic N) is 4. The van der Waals surface area contributed by atoms with E-state index in [2.05, 4.69) is 15.2 Å². The SMILES string of the molecule is Nc1nc(CSc2nnc(Cc3ccccc3)o2)nc2sc3c(c12)CCCCC3. The van der Waals surface area contributed by atoms with Crippen molar-refractivity contribution in [3.8, 4) is 0 Å². The predicted octanol–water partition coefficient (Wildman–Crippen LogP) is 4.81. The number of thiophene rings is 1. The van der Waals surface area contributed by atoms with Gasteiger partial charge in [-0.3, -0.25) is 0 Å². The van der Waals surface area contributed by atoms with E-state index in [9.17, 15) is 0 Å². The number of nitrogens with two attached hydrogens (primary N) is 1. The van der Waals surface area contributed by atoms with E-state index < -0.39 is 0 Å². The molecule has 3 aromatic heterocycles. The van der Waals surface area contributed by atoms with Gasteiger partial charge in [-0.25, -0.2) is 9.97 Å². The number of rotatable bonds is 5. The Morgan fingerprint density at radius 2 is 1.90 bits per heavy atom. The number of nitrogen functional groups attached to an aromatic ring is 1. The Kier molecular flexibility index (Phi) is 5.20. The molecule has 0 bridgehead atoms. The summed E-state index contributed by atoms with van der Waals surface area (Å²) >= 11 is 3.22. The molecule has 8 heteroatoms. The van der Waals surface area contributed by atoms with Crippen LogP contribution in [0.15, 0.2) is 40.0 Å². The first-order valence-electron chi connectivity index (χ1n) is 9.82. The van der Waals surface area contributed by atoms with Crippen molar-refractivity contribution in [2.75, 3.05) is 5.73 Å². The zero-order valence-electron chi connectivity index (χ0n) is 15.9. The second kappa shape index (κ2) is 8.12. The van der Waals surface area contributed by atoms with Crippen molar-refractivity contribution in [2.24, 2.45) is 0 Å². The molecule has 0 spiro atoms. The third-order valence-corrected chi connectivity index (χ3v) is 7.11. The van der Waals surface area contributed by atoms with Crippen molar-refractivity contribution in [3.63, 3.8) is 0 Å². The van der Waals surface area contributed by atoms with Crippen LogP contribution >= 0.6 is 23.1 Å². The lowest BCUT2D eigenvalue weighted by molar-refractivity contribution is 0.420. The van der Waals surface area contributed by atoms with Crippen molar-refractivity contribution < 1.29 is 4.42 Å². The number of fused-ring (bicyclic) bond motifs is 3. The number of hydrogen-bond acceptors (Lipinski definition) is 8. The number of thioether (sulfide) groups is 1. The standard InChI is InChI=1S/C21H21N5OS2/c22-19-18-14-9-5-2-6-10-15(14)29-20(18)24-16(23-19)12-28-21-26-25-17(27-21)11-13-7-3-1-4-8-13/h1,3-4,7-8H,2,5-6,9-12H2,(H2,22,23,24). The van der Waals surface area contributed by atoms with Crippen molar-refractivity contribution in [3.05, 3.63) is 58.1 Å². The Labute approximate surface area is 177 Å². The molecule has 0 saturated carbocycles. The van der Waals surface area contributed by atoms with Crippen LogP contribution in [0.2, 0.25) is 0 Å². The molecule has 2 N–H and O–H groups in total. The largest absolute Gasteiger partial charge is 0.416 e. The van der Waals surface area contributed by atoms with Gasteiger partial charge in [-0.15, -0.1) is 21.5 Å². The average Bonchev–Trinajstić information content (AvgIpc) is 3.24. The second-order valence-electron chi connectivity index (χ2n) is 7.18. The molecule has 0 fully saturated rings. The highest BCUT2D eigenvalue weighted by Gasteiger charge is 2.19. The summed E-state index contributed by atoms with van der Waals surface area (Å²) in [4.78, 5) is 11.8. The maximum absolute atomic E-state index is 6.33. The summed E-state index contributed by atoms with van der Waals surface area (Å²) in [5.41, 5.74) is 8.85. The van der Waals surface area contributed by atoms with Crippen molar-refractivity contribution in [1.29, 1.82) is 0 Å². The first-order chi connectivity index (χ1) is 14.3. The van der Waals surface area contributed by atoms with Crippen LogP contribution in [-0.2, 0) is 25.0 Å². The van der Waals surface area contributed by atoms with Gasteiger partial charge in [0.15, 0.2) is 0 Å². The van der Waals surface area contributed by atoms with E-state index in [1.165, 1.54) is 41.5 Å². The molecule has 0 radical (unpaired) electrons. The van der Waals surface area contributed by atoms with Crippen molar-refractivity contribution >= 4 is 39.1 Å². The van der Waals surface area contributed by atoms with Gasteiger partial charge in [0.2, 0.25) is 5.89 Å². The molecule has 1 aromatic carbocycles. The van der Waals surface area contributed by atoms with Crippen LogP contribution in [0, 0.1) is 0 Å². The average molecular weight is 424 g/mol. The molecule has 1 aliphatic rings. The Morgan fingerprint density at radius 1 is 1.03 bits per heavy atom. The van der Waals surface area contributed by atoms with Gasteiger partial charge >= 0.3 is 0 Å². The Balaban J connectivity index is 1.31. The molecule has 4 aromatic rings. The van der Waals surface area contributed by atoms with Crippen LogP contribution in [0.4, 0.5) is 5.82 Å². The van der Waals surface area contributed by atoms with Gasteiger partial charge in [0.25, 0.3) is 5.22 Å². The lowest BCUT2D eigenvalue weighted by atomic mass is 10.1. The fourth-order valence-electron chi connectivity index (χ4n) is 3.74. The normalized spacial score (nSPS) is 14.1. The minimum Gasteiger partial charge on any atom is -0.416 e. The monoisotopic (exact) mass is 423 g/mol. The first-order valence-corrected chi connectivity index (χ1v) is 11.6. The lowest BCUT2D eigenvalue weighted by Gasteiger charge is -2.03. The van der Waals surface area contributed by atoms with Crippen LogP contribution in [-0.4, -0.2) is 20.2 Å². The Hall–Kier alpha value is -2.45. The summed E-state index contributed by atoms with van der Waals surface area (Å²) in [5.74, 6) is 2.46. The summed E-state index contributed by atoms with van der Waals surface area (Å²) in [5, 5.41) is 9.88. The third kappa shape index (κ3) is 4.00. The van der Waals surface area contributed by atoms with E-state index in [-0.39, 0.29) is 0 Å². The van der Waals surface area contributed by atoms with E-state index in [0.717, 1.165) is 28.6 Å². The first kappa shape index (κ1) is 18.6. The van der Waals surface area contributed by atoms with Crippen LogP contribution in [0.3, 0.4) is 0 Å². The molecular weight excluding hydrogens is 402 g/mol. The summed E-state index contributed by atoms with van der Waals surface area (Å²) in [6.07, 6.45) is 6.60. The molecule has 1 aliphatic carbocycles. The second-order valence-corrected chi connectivity index (χ2v) is 9.19. The summed E-state index contributed by atoms with van der Waals surface area (Å²) in [7, 11) is 0. The Bertz CT molecular complexity index is 1140. The summed E-state index contributed by atoms with van der Waals surface area (Å²) in [6, 6.07) is 10.1. The van der Waals surface area contributed by atoms with Crippen LogP contribution in [0.5, 0.6) is 0 Å². The molecule has 0 unspecified atom stereocenters. The number of benzene rings is 1. The predicted molar refractivity (Wildman–Crippen MR) is 116 cm³/mol. The number of aryl methyl sites for hydroxylation is 2. The zero-order chi connectivity index (χ0) is 19.6. The van der Waals surface area contributed by atoms with Gasteiger partial charge < -0.3 is 10.2 Å². The maximum atomic E-state index is 6.33. The third-order valence-electron chi connectivity index (χ3n) is 5.11. The molecule has 5 rings (SSSR count). The molecule has 0 amide bonds. The zero-order valence-corrected chi connectivity index (χ0v) is 17.6. The minimum absolute atomic E-state index is 0.528. The van der Waals surface area contributed by atoms with E-state index in [1.807, 2.05) is 30.3 Å². The maximum Gasteiger partial charge on any atom is 0.277 e. The minimum atomic E-state index is 0.528. The highest BCUT2D eigenvalue weighted by molar-refractivity contribution is 7.98. The van der Waals surface area contributed by atoms with Gasteiger partial charge in [0, 0.05) is 4.88 Å². The van der Waals surface area contributed by atoms with Gasteiger partial charge in [-0.2, -0.15) is 0 Å². The van der Waals surface area contributed by atoms with Crippen LogP contribution < -0.4 is 5.73 Å². The molecule has 0 atom stereocenters. The lowest BCUT2D eigenvalue weighted by Crippen LogP contribution is -2.00. The summed E-state index contributed by atoms with van der Waals surface area (Å²) in [6.45, 7) is 0. The molecule has 6 nitrogen and oxygen atoms in total. The smallest absolute Gasteiger partial charge is 0.277 e. The molecule has 148 valence electrons. The topological polar surface area (TPSA) is 90.7 Å². The highest BCUT2D eigenvalue weighted by Crippen LogP contribution is 2.37. The van der Waals surface area contributed by atoms with Crippen molar-refractivity contribution in [1.82, 2.24) is 20.2 Å². The number of anilines is 1. The van der Waals surface area contributed by atoms with Gasteiger partial charge in [-0.05, 0) is 36.8 Å².